The largest absolute Gasteiger partial charge is 0.442 e. The maximum Gasteiger partial charge on any atom is 0.313 e. The first-order chi connectivity index (χ1) is 8.98. The quantitative estimate of drug-likeness (QED) is 0.774. The van der Waals surface area contributed by atoms with Crippen LogP contribution in [0.5, 0.6) is 0 Å². The number of hydrogen-bond acceptors (Lipinski definition) is 6. The molecule has 0 spiro atoms. The Morgan fingerprint density at radius 2 is 2.00 bits per heavy atom. The van der Waals surface area contributed by atoms with Gasteiger partial charge in [-0.25, -0.2) is 0 Å². The minimum Gasteiger partial charge on any atom is -0.442 e. The average molecular weight is 261 g/mol. The van der Waals surface area contributed by atoms with Gasteiger partial charge in [-0.2, -0.15) is 4.68 Å². The van der Waals surface area contributed by atoms with Crippen molar-refractivity contribution in [1.29, 1.82) is 0 Å². The number of carbonyl (C=O) groups is 1. The first-order valence-electron chi connectivity index (χ1n) is 5.82. The lowest BCUT2D eigenvalue weighted by atomic mass is 9.98. The molecule has 0 N–H and O–H groups in total. The minimum atomic E-state index is -0.551. The van der Waals surface area contributed by atoms with E-state index >= 15 is 0 Å². The first-order valence-corrected chi connectivity index (χ1v) is 5.82. The summed E-state index contributed by atoms with van der Waals surface area (Å²) in [5, 5.41) is 11.3. The average Bonchev–Trinajstić information content (AvgIpc) is 2.84. The van der Waals surface area contributed by atoms with Crippen LogP contribution in [0, 0.1) is 5.41 Å². The predicted molar refractivity (Wildman–Crippen MR) is 66.6 cm³/mol. The maximum atomic E-state index is 11.7. The fourth-order valence-electron chi connectivity index (χ4n) is 1.34. The van der Waals surface area contributed by atoms with Crippen LogP contribution in [-0.4, -0.2) is 31.2 Å². The molecular weight excluding hydrogens is 246 g/mol. The van der Waals surface area contributed by atoms with Gasteiger partial charge in [0.1, 0.15) is 0 Å². The molecule has 2 aromatic heterocycles. The fourth-order valence-corrected chi connectivity index (χ4v) is 1.34. The highest BCUT2D eigenvalue weighted by Gasteiger charge is 2.23. The molecular formula is C12H15N5O2. The molecule has 0 bridgehead atoms. The van der Waals surface area contributed by atoms with Gasteiger partial charge in [0.15, 0.2) is 12.6 Å². The van der Waals surface area contributed by atoms with Crippen molar-refractivity contribution in [3.63, 3.8) is 0 Å². The summed E-state index contributed by atoms with van der Waals surface area (Å²) in [6, 6.07) is 3.57. The highest BCUT2D eigenvalue weighted by atomic mass is 16.5. The van der Waals surface area contributed by atoms with E-state index in [9.17, 15) is 4.79 Å². The zero-order chi connectivity index (χ0) is 13.9. The summed E-state index contributed by atoms with van der Waals surface area (Å²) in [6.07, 6.45) is 3.30. The SMILES string of the molecule is CC(C)(C)C(=O)OCn1nnnc1-c1ccncc1. The number of aromatic nitrogens is 5. The molecule has 19 heavy (non-hydrogen) atoms. The second-order valence-electron chi connectivity index (χ2n) is 5.05. The van der Waals surface area contributed by atoms with Gasteiger partial charge in [-0.3, -0.25) is 9.78 Å². The lowest BCUT2D eigenvalue weighted by Gasteiger charge is -2.16. The molecule has 7 nitrogen and oxygen atoms in total. The van der Waals surface area contributed by atoms with Crippen LogP contribution in [0.4, 0.5) is 0 Å². The number of carbonyl (C=O) groups excluding carboxylic acids is 1. The van der Waals surface area contributed by atoms with Gasteiger partial charge in [0, 0.05) is 18.0 Å². The van der Waals surface area contributed by atoms with Crippen LogP contribution in [0.2, 0.25) is 0 Å². The Morgan fingerprint density at radius 1 is 1.32 bits per heavy atom. The number of esters is 1. The third kappa shape index (κ3) is 3.12. The molecule has 0 unspecified atom stereocenters. The summed E-state index contributed by atoms with van der Waals surface area (Å²) in [6.45, 7) is 5.36. The number of pyridine rings is 1. The van der Waals surface area contributed by atoms with Gasteiger partial charge >= 0.3 is 5.97 Å². The van der Waals surface area contributed by atoms with Gasteiger partial charge in [-0.05, 0) is 43.3 Å². The molecule has 0 aliphatic rings. The molecule has 2 aromatic rings. The van der Waals surface area contributed by atoms with E-state index in [0.29, 0.717) is 5.82 Å². The Labute approximate surface area is 110 Å². The highest BCUT2D eigenvalue weighted by molar-refractivity contribution is 5.75. The first kappa shape index (κ1) is 13.1. The highest BCUT2D eigenvalue weighted by Crippen LogP contribution is 2.17. The summed E-state index contributed by atoms with van der Waals surface area (Å²) in [4.78, 5) is 15.6. The van der Waals surface area contributed by atoms with Crippen molar-refractivity contribution in [1.82, 2.24) is 25.2 Å². The summed E-state index contributed by atoms with van der Waals surface area (Å²) < 4.78 is 6.61. The van der Waals surface area contributed by atoms with Gasteiger partial charge in [0.2, 0.25) is 0 Å². The van der Waals surface area contributed by atoms with Crippen LogP contribution >= 0.6 is 0 Å². The second-order valence-corrected chi connectivity index (χ2v) is 5.05. The molecule has 2 rings (SSSR count). The van der Waals surface area contributed by atoms with E-state index in [1.165, 1.54) is 4.68 Å². The van der Waals surface area contributed by atoms with E-state index in [1.807, 2.05) is 0 Å². The van der Waals surface area contributed by atoms with Crippen LogP contribution in [0.1, 0.15) is 20.8 Å². The van der Waals surface area contributed by atoms with Crippen LogP contribution in [0.25, 0.3) is 11.4 Å². The molecule has 0 atom stereocenters. The maximum absolute atomic E-state index is 11.7. The second kappa shape index (κ2) is 5.13. The van der Waals surface area contributed by atoms with Crippen molar-refractivity contribution < 1.29 is 9.53 Å². The van der Waals surface area contributed by atoms with Gasteiger partial charge in [-0.15, -0.1) is 5.10 Å². The molecule has 0 aromatic carbocycles. The van der Waals surface area contributed by atoms with Crippen molar-refractivity contribution in [2.45, 2.75) is 27.5 Å². The summed E-state index contributed by atoms with van der Waals surface area (Å²) in [5.74, 6) is 0.229. The molecule has 0 amide bonds. The number of ether oxygens (including phenoxy) is 1. The number of nitrogens with zero attached hydrogens (tertiary/aromatic N) is 5. The molecule has 0 radical (unpaired) electrons. The van der Waals surface area contributed by atoms with Crippen molar-refractivity contribution in [2.24, 2.45) is 5.41 Å². The summed E-state index contributed by atoms with van der Waals surface area (Å²) in [5.41, 5.74) is 0.261. The Morgan fingerprint density at radius 3 is 2.63 bits per heavy atom. The molecule has 0 saturated carbocycles. The third-order valence-electron chi connectivity index (χ3n) is 2.40. The molecule has 0 aliphatic carbocycles. The molecule has 0 fully saturated rings. The minimum absolute atomic E-state index is 0.0131. The van der Waals surface area contributed by atoms with Crippen LogP contribution < -0.4 is 0 Å². The van der Waals surface area contributed by atoms with E-state index < -0.39 is 5.41 Å². The molecule has 2 heterocycles. The number of hydrogen-bond donors (Lipinski definition) is 0. The van der Waals surface area contributed by atoms with Crippen molar-refractivity contribution in [2.75, 3.05) is 0 Å². The Kier molecular flexibility index (Phi) is 3.55. The zero-order valence-electron chi connectivity index (χ0n) is 11.1. The lowest BCUT2D eigenvalue weighted by Crippen LogP contribution is -2.24. The molecule has 0 saturated heterocycles. The fraction of sp³-hybridized carbons (Fsp3) is 0.417. The Bertz CT molecular complexity index is 559. The smallest absolute Gasteiger partial charge is 0.313 e. The number of tetrazole rings is 1. The van der Waals surface area contributed by atoms with Crippen LogP contribution in [0.3, 0.4) is 0 Å². The number of rotatable bonds is 3. The van der Waals surface area contributed by atoms with Gasteiger partial charge in [0.05, 0.1) is 5.41 Å². The van der Waals surface area contributed by atoms with Crippen molar-refractivity contribution in [3.05, 3.63) is 24.5 Å². The van der Waals surface area contributed by atoms with Gasteiger partial charge < -0.3 is 4.74 Å². The standard InChI is InChI=1S/C12H15N5O2/c1-12(2,3)11(18)19-8-17-10(14-15-16-17)9-4-6-13-7-5-9/h4-7H,8H2,1-3H3. The van der Waals surface area contributed by atoms with E-state index in [1.54, 1.807) is 45.3 Å². The van der Waals surface area contributed by atoms with Gasteiger partial charge in [-0.1, -0.05) is 0 Å². The summed E-state index contributed by atoms with van der Waals surface area (Å²) >= 11 is 0. The van der Waals surface area contributed by atoms with E-state index in [0.717, 1.165) is 5.56 Å². The Hall–Kier alpha value is -2.31. The molecule has 7 heteroatoms. The lowest BCUT2D eigenvalue weighted by molar-refractivity contribution is -0.157. The molecule has 100 valence electrons. The Balaban J connectivity index is 2.11. The van der Waals surface area contributed by atoms with Crippen molar-refractivity contribution >= 4 is 5.97 Å². The summed E-state index contributed by atoms with van der Waals surface area (Å²) in [7, 11) is 0. The predicted octanol–water partition coefficient (Wildman–Crippen LogP) is 1.28. The monoisotopic (exact) mass is 261 g/mol. The van der Waals surface area contributed by atoms with E-state index in [4.69, 9.17) is 4.74 Å². The molecule has 0 aliphatic heterocycles. The van der Waals surface area contributed by atoms with Crippen LogP contribution in [-0.2, 0) is 16.3 Å². The van der Waals surface area contributed by atoms with Crippen molar-refractivity contribution in [3.8, 4) is 11.4 Å². The third-order valence-corrected chi connectivity index (χ3v) is 2.40. The van der Waals surface area contributed by atoms with Gasteiger partial charge in [0.25, 0.3) is 0 Å². The zero-order valence-corrected chi connectivity index (χ0v) is 11.1. The van der Waals surface area contributed by atoms with E-state index in [2.05, 4.69) is 20.5 Å². The van der Waals surface area contributed by atoms with E-state index in [-0.39, 0.29) is 12.7 Å². The topological polar surface area (TPSA) is 82.8 Å². The normalized spacial score (nSPS) is 11.3. The van der Waals surface area contributed by atoms with Crippen LogP contribution in [0.15, 0.2) is 24.5 Å².